The van der Waals surface area contributed by atoms with Gasteiger partial charge < -0.3 is 14.4 Å². The number of carbonyl (C=O) groups excluding carboxylic acids is 1. The summed E-state index contributed by atoms with van der Waals surface area (Å²) in [4.78, 5) is 23.5. The smallest absolute Gasteiger partial charge is 0.228 e. The molecule has 2 aromatic carbocycles. The first-order valence-corrected chi connectivity index (χ1v) is 13.6. The number of amides is 1. The van der Waals surface area contributed by atoms with Crippen LogP contribution in [0.1, 0.15) is 26.7 Å². The predicted molar refractivity (Wildman–Crippen MR) is 144 cm³/mol. The molecule has 1 amide bonds. The molecule has 0 aliphatic rings. The number of methoxy groups -OCH3 is 2. The molecule has 0 N–H and O–H groups in total. The molecule has 6 nitrogen and oxygen atoms in total. The molecule has 9 heteroatoms. The molecule has 0 unspecified atom stereocenters. The zero-order valence-electron chi connectivity index (χ0n) is 20.2. The number of likely N-dealkylation sites (N-methyl/N-ethyl adjacent to an activating group) is 1. The van der Waals surface area contributed by atoms with Crippen molar-refractivity contribution in [2.75, 3.05) is 51.1 Å². The van der Waals surface area contributed by atoms with Gasteiger partial charge >= 0.3 is 0 Å². The van der Waals surface area contributed by atoms with Gasteiger partial charge in [-0.05, 0) is 61.7 Å². The summed E-state index contributed by atoms with van der Waals surface area (Å²) in [6.45, 7) is 7.54. The quantitative estimate of drug-likeness (QED) is 0.197. The van der Waals surface area contributed by atoms with Gasteiger partial charge in [0.2, 0.25) is 5.91 Å². The molecule has 0 saturated heterocycles. The Kier molecular flexibility index (Phi) is 10.3. The number of fused-ring (bicyclic) bond motifs is 1. The van der Waals surface area contributed by atoms with Crippen LogP contribution < -0.4 is 14.4 Å². The number of aromatic nitrogens is 1. The maximum Gasteiger partial charge on any atom is 0.228 e. The second-order valence-corrected chi connectivity index (χ2v) is 10.2. The summed E-state index contributed by atoms with van der Waals surface area (Å²) in [7, 11) is 3.27. The van der Waals surface area contributed by atoms with Gasteiger partial charge in [-0.1, -0.05) is 36.8 Å². The van der Waals surface area contributed by atoms with Crippen LogP contribution in [0, 0.1) is 0 Å². The van der Waals surface area contributed by atoms with Crippen molar-refractivity contribution >= 4 is 56.0 Å². The Labute approximate surface area is 215 Å². The normalized spacial score (nSPS) is 11.2. The second-order valence-electron chi connectivity index (χ2n) is 7.62. The minimum Gasteiger partial charge on any atom is -0.495 e. The number of thiazole rings is 1. The first-order chi connectivity index (χ1) is 16.5. The fraction of sp³-hybridized carbons (Fsp3) is 0.440. The number of rotatable bonds is 13. The molecule has 0 aliphatic heterocycles. The molecular formula is C25H32ClN3O3S2. The first-order valence-electron chi connectivity index (χ1n) is 11.4. The van der Waals surface area contributed by atoms with Crippen LogP contribution in [0.3, 0.4) is 0 Å². The lowest BCUT2D eigenvalue weighted by Crippen LogP contribution is -2.38. The maximum atomic E-state index is 13.4. The van der Waals surface area contributed by atoms with Crippen molar-refractivity contribution in [2.24, 2.45) is 0 Å². The molecule has 34 heavy (non-hydrogen) atoms. The zero-order valence-corrected chi connectivity index (χ0v) is 22.6. The van der Waals surface area contributed by atoms with E-state index in [9.17, 15) is 4.79 Å². The van der Waals surface area contributed by atoms with Gasteiger partial charge in [0, 0.05) is 29.4 Å². The summed E-state index contributed by atoms with van der Waals surface area (Å²) in [5.74, 6) is 2.35. The standard InChI is InChI=1S/C25H32ClN3O3S2/c1-5-28(6-2)15-16-29(22(30)8-7-17-33-19-11-9-18(26)10-12-19)25-27-23-20(31-3)13-14-21(32-4)24(23)34-25/h9-14H,5-8,15-17H2,1-4H3. The van der Waals surface area contributed by atoms with Gasteiger partial charge in [0.1, 0.15) is 21.7 Å². The van der Waals surface area contributed by atoms with Crippen LogP contribution in [0.15, 0.2) is 41.3 Å². The molecule has 3 aromatic rings. The highest BCUT2D eigenvalue weighted by Gasteiger charge is 2.22. The van der Waals surface area contributed by atoms with Crippen LogP contribution in [0.5, 0.6) is 11.5 Å². The third kappa shape index (κ3) is 6.78. The lowest BCUT2D eigenvalue weighted by Gasteiger charge is -2.24. The molecule has 0 aliphatic carbocycles. The highest BCUT2D eigenvalue weighted by atomic mass is 35.5. The number of anilines is 1. The van der Waals surface area contributed by atoms with Gasteiger partial charge in [-0.25, -0.2) is 4.98 Å². The number of halogens is 1. The molecule has 1 heterocycles. The summed E-state index contributed by atoms with van der Waals surface area (Å²) >= 11 is 9.17. The summed E-state index contributed by atoms with van der Waals surface area (Å²) in [6.07, 6.45) is 1.24. The van der Waals surface area contributed by atoms with E-state index < -0.39 is 0 Å². The second kappa shape index (κ2) is 13.2. The fourth-order valence-corrected chi connectivity index (χ4v) is 5.67. The van der Waals surface area contributed by atoms with E-state index in [0.29, 0.717) is 23.8 Å². The number of ether oxygens (including phenoxy) is 2. The molecular weight excluding hydrogens is 490 g/mol. The van der Waals surface area contributed by atoms with E-state index in [4.69, 9.17) is 26.1 Å². The number of hydrogen-bond donors (Lipinski definition) is 0. The zero-order chi connectivity index (χ0) is 24.5. The summed E-state index contributed by atoms with van der Waals surface area (Å²) in [6, 6.07) is 11.5. The van der Waals surface area contributed by atoms with E-state index in [0.717, 1.165) is 57.7 Å². The number of carbonyl (C=O) groups is 1. The van der Waals surface area contributed by atoms with Gasteiger partial charge in [0.25, 0.3) is 0 Å². The average Bonchev–Trinajstić information content (AvgIpc) is 3.30. The van der Waals surface area contributed by atoms with Crippen molar-refractivity contribution < 1.29 is 14.3 Å². The minimum absolute atomic E-state index is 0.0841. The van der Waals surface area contributed by atoms with Crippen molar-refractivity contribution in [1.29, 1.82) is 0 Å². The van der Waals surface area contributed by atoms with Gasteiger partial charge in [-0.3, -0.25) is 9.69 Å². The van der Waals surface area contributed by atoms with Gasteiger partial charge in [0.05, 0.1) is 14.2 Å². The Bertz CT molecular complexity index is 1030. The van der Waals surface area contributed by atoms with Crippen molar-refractivity contribution in [2.45, 2.75) is 31.6 Å². The lowest BCUT2D eigenvalue weighted by atomic mass is 10.3. The SMILES string of the molecule is CCN(CC)CCN(C(=O)CCCSc1ccc(Cl)cc1)c1nc2c(OC)ccc(OC)c2s1. The van der Waals surface area contributed by atoms with E-state index in [1.165, 1.54) is 11.3 Å². The number of benzene rings is 2. The molecule has 0 fully saturated rings. The Morgan fingerprint density at radius 2 is 1.71 bits per heavy atom. The van der Waals surface area contributed by atoms with E-state index in [-0.39, 0.29) is 5.91 Å². The summed E-state index contributed by atoms with van der Waals surface area (Å²) in [5, 5.41) is 1.41. The number of thioether (sulfide) groups is 1. The Morgan fingerprint density at radius 3 is 2.35 bits per heavy atom. The number of hydrogen-bond acceptors (Lipinski definition) is 7. The highest BCUT2D eigenvalue weighted by molar-refractivity contribution is 7.99. The van der Waals surface area contributed by atoms with Crippen LogP contribution in [0.2, 0.25) is 5.02 Å². The van der Waals surface area contributed by atoms with Crippen molar-refractivity contribution in [1.82, 2.24) is 9.88 Å². The van der Waals surface area contributed by atoms with Crippen molar-refractivity contribution in [3.8, 4) is 11.5 Å². The van der Waals surface area contributed by atoms with Gasteiger partial charge in [-0.2, -0.15) is 0 Å². The topological polar surface area (TPSA) is 54.9 Å². The first kappa shape index (κ1) is 26.6. The number of nitrogens with zero attached hydrogens (tertiary/aromatic N) is 3. The van der Waals surface area contributed by atoms with Crippen LogP contribution in [-0.4, -0.2) is 61.9 Å². The fourth-order valence-electron chi connectivity index (χ4n) is 3.58. The van der Waals surface area contributed by atoms with E-state index >= 15 is 0 Å². The van der Waals surface area contributed by atoms with Gasteiger partial charge in [0.15, 0.2) is 5.13 Å². The van der Waals surface area contributed by atoms with Gasteiger partial charge in [-0.15, -0.1) is 11.8 Å². The average molecular weight is 522 g/mol. The highest BCUT2D eigenvalue weighted by Crippen LogP contribution is 2.40. The predicted octanol–water partition coefficient (Wildman–Crippen LogP) is 6.21. The maximum absolute atomic E-state index is 13.4. The van der Waals surface area contributed by atoms with E-state index in [1.54, 1.807) is 26.0 Å². The van der Waals surface area contributed by atoms with Crippen LogP contribution in [0.25, 0.3) is 10.2 Å². The third-order valence-corrected chi connectivity index (χ3v) is 8.03. The lowest BCUT2D eigenvalue weighted by molar-refractivity contribution is -0.118. The third-order valence-electron chi connectivity index (χ3n) is 5.58. The Morgan fingerprint density at radius 1 is 1.03 bits per heavy atom. The molecule has 0 saturated carbocycles. The largest absolute Gasteiger partial charge is 0.495 e. The van der Waals surface area contributed by atoms with Crippen molar-refractivity contribution in [3.05, 3.63) is 41.4 Å². The van der Waals surface area contributed by atoms with E-state index in [1.807, 2.05) is 41.3 Å². The van der Waals surface area contributed by atoms with Crippen LogP contribution >= 0.6 is 34.7 Å². The molecule has 0 spiro atoms. The molecule has 1 aromatic heterocycles. The molecule has 184 valence electrons. The molecule has 0 radical (unpaired) electrons. The molecule has 3 rings (SSSR count). The molecule has 0 atom stereocenters. The monoisotopic (exact) mass is 521 g/mol. The summed E-state index contributed by atoms with van der Waals surface area (Å²) < 4.78 is 11.9. The summed E-state index contributed by atoms with van der Waals surface area (Å²) in [5.41, 5.74) is 0.723. The molecule has 0 bridgehead atoms. The van der Waals surface area contributed by atoms with Crippen LogP contribution in [0.4, 0.5) is 5.13 Å². The Hall–Kier alpha value is -2.00. The van der Waals surface area contributed by atoms with E-state index in [2.05, 4.69) is 18.7 Å². The minimum atomic E-state index is 0.0841. The Balaban J connectivity index is 1.76. The van der Waals surface area contributed by atoms with Crippen LogP contribution in [-0.2, 0) is 4.79 Å². The van der Waals surface area contributed by atoms with Crippen molar-refractivity contribution in [3.63, 3.8) is 0 Å².